The van der Waals surface area contributed by atoms with E-state index in [1.54, 1.807) is 24.5 Å². The lowest BCUT2D eigenvalue weighted by Gasteiger charge is -2.34. The van der Waals surface area contributed by atoms with Gasteiger partial charge in [0.25, 0.3) is 5.91 Å². The van der Waals surface area contributed by atoms with Gasteiger partial charge in [0, 0.05) is 63.6 Å². The first-order valence-corrected chi connectivity index (χ1v) is 8.94. The largest absolute Gasteiger partial charge is 0.352 e. The number of benzene rings is 1. The van der Waals surface area contributed by atoms with Crippen LogP contribution in [0, 0.1) is 0 Å². The van der Waals surface area contributed by atoms with Gasteiger partial charge in [-0.25, -0.2) is 0 Å². The number of nitrogens with zero attached hydrogens (tertiary/aromatic N) is 3. The number of aromatic nitrogens is 1. The Hall–Kier alpha value is -2.73. The highest BCUT2D eigenvalue weighted by Gasteiger charge is 2.20. The molecule has 0 bridgehead atoms. The van der Waals surface area contributed by atoms with E-state index in [4.69, 9.17) is 0 Å². The van der Waals surface area contributed by atoms with Crippen LogP contribution in [0.15, 0.2) is 54.9 Å². The third-order valence-corrected chi connectivity index (χ3v) is 4.54. The average Bonchev–Trinajstić information content (AvgIpc) is 2.70. The van der Waals surface area contributed by atoms with Gasteiger partial charge in [-0.1, -0.05) is 18.2 Å². The maximum atomic E-state index is 12.3. The van der Waals surface area contributed by atoms with Crippen LogP contribution < -0.4 is 5.32 Å². The molecule has 1 aliphatic rings. The molecule has 1 fully saturated rings. The second-order valence-corrected chi connectivity index (χ2v) is 6.38. The molecule has 0 spiro atoms. The normalized spacial score (nSPS) is 14.8. The standard InChI is InChI=1S/C20H24N4O2/c25-19(8-11-22-20(26)18-4-2-1-3-5-18)24-14-12-23(13-15-24)16-17-6-9-21-10-7-17/h1-7,9-10H,8,11-16H2,(H,22,26). The minimum absolute atomic E-state index is 0.0990. The zero-order valence-corrected chi connectivity index (χ0v) is 14.8. The molecule has 6 nitrogen and oxygen atoms in total. The first-order chi connectivity index (χ1) is 12.7. The fourth-order valence-corrected chi connectivity index (χ4v) is 3.03. The smallest absolute Gasteiger partial charge is 0.251 e. The number of hydrogen-bond acceptors (Lipinski definition) is 4. The second kappa shape index (κ2) is 9.10. The Kier molecular flexibility index (Phi) is 6.33. The van der Waals surface area contributed by atoms with Gasteiger partial charge in [0.15, 0.2) is 0 Å². The summed E-state index contributed by atoms with van der Waals surface area (Å²) >= 11 is 0. The molecule has 3 rings (SSSR count). The van der Waals surface area contributed by atoms with Crippen molar-refractivity contribution in [2.24, 2.45) is 0 Å². The van der Waals surface area contributed by atoms with E-state index in [2.05, 4.69) is 15.2 Å². The molecule has 0 radical (unpaired) electrons. The Labute approximate surface area is 153 Å². The summed E-state index contributed by atoms with van der Waals surface area (Å²) in [5.74, 6) is -0.0394. The van der Waals surface area contributed by atoms with Crippen LogP contribution in [-0.4, -0.2) is 59.3 Å². The molecule has 0 unspecified atom stereocenters. The van der Waals surface area contributed by atoms with Gasteiger partial charge >= 0.3 is 0 Å². The zero-order chi connectivity index (χ0) is 18.2. The molecular weight excluding hydrogens is 328 g/mol. The quantitative estimate of drug-likeness (QED) is 0.857. The summed E-state index contributed by atoms with van der Waals surface area (Å²) in [6.07, 6.45) is 3.95. The highest BCUT2D eigenvalue weighted by molar-refractivity contribution is 5.94. The maximum absolute atomic E-state index is 12.3. The molecule has 2 amide bonds. The number of carbonyl (C=O) groups is 2. The molecule has 6 heteroatoms. The molecule has 2 aromatic rings. The van der Waals surface area contributed by atoms with Gasteiger partial charge in [-0.05, 0) is 29.8 Å². The molecule has 1 aromatic heterocycles. The second-order valence-electron chi connectivity index (χ2n) is 6.38. The van der Waals surface area contributed by atoms with Gasteiger partial charge in [0.05, 0.1) is 0 Å². The maximum Gasteiger partial charge on any atom is 0.251 e. The number of pyridine rings is 1. The Morgan fingerprint density at radius 1 is 0.962 bits per heavy atom. The Bertz CT molecular complexity index is 713. The van der Waals surface area contributed by atoms with Crippen molar-refractivity contribution in [2.75, 3.05) is 32.7 Å². The summed E-state index contributed by atoms with van der Waals surface area (Å²) in [7, 11) is 0. The van der Waals surface area contributed by atoms with Crippen LogP contribution in [0.5, 0.6) is 0 Å². The highest BCUT2D eigenvalue weighted by atomic mass is 16.2. The van der Waals surface area contributed by atoms with E-state index in [1.165, 1.54) is 5.56 Å². The fourth-order valence-electron chi connectivity index (χ4n) is 3.03. The van der Waals surface area contributed by atoms with Crippen molar-refractivity contribution < 1.29 is 9.59 Å². The molecular formula is C20H24N4O2. The first-order valence-electron chi connectivity index (χ1n) is 8.94. The Balaban J connectivity index is 1.36. The van der Waals surface area contributed by atoms with Crippen LogP contribution >= 0.6 is 0 Å². The van der Waals surface area contributed by atoms with E-state index in [0.717, 1.165) is 32.7 Å². The highest BCUT2D eigenvalue weighted by Crippen LogP contribution is 2.08. The predicted molar refractivity (Wildman–Crippen MR) is 99.5 cm³/mol. The summed E-state index contributed by atoms with van der Waals surface area (Å²) in [5, 5.41) is 2.81. The molecule has 26 heavy (non-hydrogen) atoms. The summed E-state index contributed by atoms with van der Waals surface area (Å²) in [4.78, 5) is 32.6. The molecule has 1 saturated heterocycles. The zero-order valence-electron chi connectivity index (χ0n) is 14.8. The summed E-state index contributed by atoms with van der Waals surface area (Å²) in [6, 6.07) is 13.1. The average molecular weight is 352 g/mol. The van der Waals surface area contributed by atoms with Crippen molar-refractivity contribution in [1.82, 2.24) is 20.1 Å². The number of piperazine rings is 1. The van der Waals surface area contributed by atoms with Crippen molar-refractivity contribution >= 4 is 11.8 Å². The van der Waals surface area contributed by atoms with Gasteiger partial charge in [-0.15, -0.1) is 0 Å². The number of amides is 2. The summed E-state index contributed by atoms with van der Waals surface area (Å²) < 4.78 is 0. The third-order valence-electron chi connectivity index (χ3n) is 4.54. The topological polar surface area (TPSA) is 65.5 Å². The number of hydrogen-bond donors (Lipinski definition) is 1. The van der Waals surface area contributed by atoms with Crippen molar-refractivity contribution in [1.29, 1.82) is 0 Å². The summed E-state index contributed by atoms with van der Waals surface area (Å²) in [6.45, 7) is 4.45. The van der Waals surface area contributed by atoms with Crippen LogP contribution in [0.4, 0.5) is 0 Å². The van der Waals surface area contributed by atoms with E-state index in [0.29, 0.717) is 18.5 Å². The van der Waals surface area contributed by atoms with E-state index >= 15 is 0 Å². The lowest BCUT2D eigenvalue weighted by Crippen LogP contribution is -2.48. The van der Waals surface area contributed by atoms with Gasteiger partial charge in [0.2, 0.25) is 5.91 Å². The van der Waals surface area contributed by atoms with E-state index in [1.807, 2.05) is 35.2 Å². The van der Waals surface area contributed by atoms with Gasteiger partial charge < -0.3 is 10.2 Å². The van der Waals surface area contributed by atoms with Gasteiger partial charge in [-0.2, -0.15) is 0 Å². The molecule has 0 atom stereocenters. The molecule has 0 aliphatic carbocycles. The van der Waals surface area contributed by atoms with Crippen molar-refractivity contribution in [3.63, 3.8) is 0 Å². The summed E-state index contributed by atoms with van der Waals surface area (Å²) in [5.41, 5.74) is 1.85. The van der Waals surface area contributed by atoms with Crippen molar-refractivity contribution in [3.05, 3.63) is 66.0 Å². The number of carbonyl (C=O) groups excluding carboxylic acids is 2. The minimum atomic E-state index is -0.138. The van der Waals surface area contributed by atoms with Crippen LogP contribution in [0.25, 0.3) is 0 Å². The Morgan fingerprint density at radius 3 is 2.35 bits per heavy atom. The SMILES string of the molecule is O=C(NCCC(=O)N1CCN(Cc2ccncc2)CC1)c1ccccc1. The van der Waals surface area contributed by atoms with E-state index < -0.39 is 0 Å². The lowest BCUT2D eigenvalue weighted by molar-refractivity contribution is -0.132. The predicted octanol–water partition coefficient (Wildman–Crippen LogP) is 1.55. The van der Waals surface area contributed by atoms with Gasteiger partial charge in [0.1, 0.15) is 0 Å². The van der Waals surface area contributed by atoms with Crippen LogP contribution in [0.1, 0.15) is 22.3 Å². The number of nitrogens with one attached hydrogen (secondary N) is 1. The number of rotatable bonds is 6. The van der Waals surface area contributed by atoms with Gasteiger partial charge in [-0.3, -0.25) is 19.5 Å². The molecule has 1 aromatic carbocycles. The molecule has 2 heterocycles. The lowest BCUT2D eigenvalue weighted by atomic mass is 10.2. The van der Waals surface area contributed by atoms with E-state index in [9.17, 15) is 9.59 Å². The molecule has 1 aliphatic heterocycles. The molecule has 1 N–H and O–H groups in total. The van der Waals surface area contributed by atoms with Crippen molar-refractivity contribution in [3.8, 4) is 0 Å². The first kappa shape index (κ1) is 18.1. The van der Waals surface area contributed by atoms with E-state index in [-0.39, 0.29) is 11.8 Å². The minimum Gasteiger partial charge on any atom is -0.352 e. The van der Waals surface area contributed by atoms with Crippen molar-refractivity contribution in [2.45, 2.75) is 13.0 Å². The Morgan fingerprint density at radius 2 is 1.65 bits per heavy atom. The van der Waals surface area contributed by atoms with Crippen LogP contribution in [0.3, 0.4) is 0 Å². The fraction of sp³-hybridized carbons (Fsp3) is 0.350. The monoisotopic (exact) mass is 352 g/mol. The molecule has 0 saturated carbocycles. The van der Waals surface area contributed by atoms with Crippen LogP contribution in [-0.2, 0) is 11.3 Å². The third kappa shape index (κ3) is 5.13. The molecule has 136 valence electrons. The van der Waals surface area contributed by atoms with Crippen LogP contribution in [0.2, 0.25) is 0 Å².